The summed E-state index contributed by atoms with van der Waals surface area (Å²) >= 11 is 0. The number of nitrogens with zero attached hydrogens (tertiary/aromatic N) is 1. The second kappa shape index (κ2) is 7.63. The van der Waals surface area contributed by atoms with E-state index in [2.05, 4.69) is 4.98 Å². The first-order valence-electron chi connectivity index (χ1n) is 6.99. The van der Waals surface area contributed by atoms with E-state index in [-0.39, 0.29) is 35.9 Å². The summed E-state index contributed by atoms with van der Waals surface area (Å²) in [4.78, 5) is 4.32. The van der Waals surface area contributed by atoms with Crippen LogP contribution in [0.3, 0.4) is 0 Å². The first kappa shape index (κ1) is 18.9. The molecule has 0 aliphatic rings. The Morgan fingerprint density at radius 2 is 1.79 bits per heavy atom. The number of aryl methyl sites for hydroxylation is 1. The van der Waals surface area contributed by atoms with Crippen molar-refractivity contribution >= 4 is 21.0 Å². The van der Waals surface area contributed by atoms with E-state index < -0.39 is 10.1 Å². The molecule has 0 unspecified atom stereocenters. The Labute approximate surface area is 164 Å². The number of aromatic nitrogens is 1. The monoisotopic (exact) mass is 353 g/mol. The van der Waals surface area contributed by atoms with Gasteiger partial charge in [0, 0.05) is 16.6 Å². The van der Waals surface area contributed by atoms with Crippen LogP contribution >= 0.6 is 0 Å². The smallest absolute Gasteiger partial charge is 1.00 e. The summed E-state index contributed by atoms with van der Waals surface area (Å²) in [6.07, 6.45) is 0. The molecule has 1 aromatic heterocycles. The first-order valence-corrected chi connectivity index (χ1v) is 8.43. The maximum Gasteiger partial charge on any atom is 1.00 e. The number of rotatable bonds is 4. The summed E-state index contributed by atoms with van der Waals surface area (Å²) in [6.45, 7) is 2.27. The standard InChI is InChI=1S/C17H15NO4S.Na.H/c1-12-10-13(16-4-2-3-5-17(16)18-12)11-22-14-6-8-15(9-7-14)23(19,20)21;;/h2-10H,11H2,1H3,(H,19,20,21);;/q;+1;-1. The van der Waals surface area contributed by atoms with Gasteiger partial charge in [0.15, 0.2) is 0 Å². The van der Waals surface area contributed by atoms with Crippen LogP contribution in [-0.4, -0.2) is 18.0 Å². The van der Waals surface area contributed by atoms with Crippen molar-refractivity contribution in [3.8, 4) is 5.75 Å². The minimum absolute atomic E-state index is 0. The molecule has 1 N–H and O–H groups in total. The molecule has 7 heteroatoms. The number of hydrogen-bond acceptors (Lipinski definition) is 4. The largest absolute Gasteiger partial charge is 1.00 e. The van der Waals surface area contributed by atoms with E-state index in [0.29, 0.717) is 12.4 Å². The Bertz CT molecular complexity index is 962. The minimum atomic E-state index is -4.18. The number of ether oxygens (including phenoxy) is 1. The molecule has 24 heavy (non-hydrogen) atoms. The van der Waals surface area contributed by atoms with E-state index in [1.165, 1.54) is 24.3 Å². The van der Waals surface area contributed by atoms with Crippen LogP contribution in [0.2, 0.25) is 0 Å². The first-order chi connectivity index (χ1) is 10.9. The molecule has 0 saturated carbocycles. The Kier molecular flexibility index (Phi) is 6.01. The van der Waals surface area contributed by atoms with Gasteiger partial charge in [-0.1, -0.05) is 18.2 Å². The molecule has 2 aromatic carbocycles. The molecule has 0 radical (unpaired) electrons. The molecule has 120 valence electrons. The van der Waals surface area contributed by atoms with Crippen molar-refractivity contribution in [2.75, 3.05) is 0 Å². The van der Waals surface area contributed by atoms with Crippen molar-refractivity contribution in [1.29, 1.82) is 0 Å². The van der Waals surface area contributed by atoms with Gasteiger partial charge in [0.25, 0.3) is 10.1 Å². The molecule has 1 heterocycles. The molecule has 3 rings (SSSR count). The minimum Gasteiger partial charge on any atom is -1.00 e. The van der Waals surface area contributed by atoms with Crippen LogP contribution in [-0.2, 0) is 16.7 Å². The van der Waals surface area contributed by atoms with Crippen LogP contribution in [0.25, 0.3) is 10.9 Å². The number of para-hydroxylation sites is 1. The maximum atomic E-state index is 11.0. The molecule has 0 bridgehead atoms. The van der Waals surface area contributed by atoms with Gasteiger partial charge in [-0.25, -0.2) is 0 Å². The van der Waals surface area contributed by atoms with Gasteiger partial charge in [-0.3, -0.25) is 9.54 Å². The van der Waals surface area contributed by atoms with E-state index in [0.717, 1.165) is 22.2 Å². The van der Waals surface area contributed by atoms with Crippen molar-refractivity contribution in [2.24, 2.45) is 0 Å². The van der Waals surface area contributed by atoms with Crippen molar-refractivity contribution in [2.45, 2.75) is 18.4 Å². The SMILES string of the molecule is Cc1cc(COc2ccc(S(=O)(=O)O)cc2)c2ccccc2n1.[H-].[Na+]. The second-order valence-corrected chi connectivity index (χ2v) is 6.60. The predicted octanol–water partition coefficient (Wildman–Crippen LogP) is 0.485. The summed E-state index contributed by atoms with van der Waals surface area (Å²) in [6, 6.07) is 15.4. The average molecular weight is 353 g/mol. The van der Waals surface area contributed by atoms with Crippen LogP contribution < -0.4 is 34.3 Å². The molecule has 0 aliphatic carbocycles. The van der Waals surface area contributed by atoms with Gasteiger partial charge in [0.1, 0.15) is 12.4 Å². The zero-order valence-corrected chi connectivity index (χ0v) is 16.2. The van der Waals surface area contributed by atoms with Crippen molar-refractivity contribution < 1.29 is 48.7 Å². The van der Waals surface area contributed by atoms with Crippen molar-refractivity contribution in [3.05, 3.63) is 65.9 Å². The molecule has 5 nitrogen and oxygen atoms in total. The number of pyridine rings is 1. The molecular formula is C17H16NNaO4S. The third-order valence-corrected chi connectivity index (χ3v) is 4.31. The molecule has 0 aliphatic heterocycles. The molecule has 0 atom stereocenters. The van der Waals surface area contributed by atoms with Gasteiger partial charge in [0.05, 0.1) is 10.4 Å². The summed E-state index contributed by atoms with van der Waals surface area (Å²) in [7, 11) is -4.18. The maximum absolute atomic E-state index is 11.0. The number of hydrogen-bond donors (Lipinski definition) is 1. The van der Waals surface area contributed by atoms with Crippen molar-refractivity contribution in [1.82, 2.24) is 4.98 Å². The van der Waals surface area contributed by atoms with E-state index in [9.17, 15) is 8.42 Å². The van der Waals surface area contributed by atoms with E-state index >= 15 is 0 Å². The fourth-order valence-corrected chi connectivity index (χ4v) is 2.86. The van der Waals surface area contributed by atoms with E-state index in [1.807, 2.05) is 37.3 Å². The fourth-order valence-electron chi connectivity index (χ4n) is 2.38. The third kappa shape index (κ3) is 4.34. The molecule has 3 aromatic rings. The molecule has 0 fully saturated rings. The van der Waals surface area contributed by atoms with Gasteiger partial charge in [-0.2, -0.15) is 8.42 Å². The zero-order chi connectivity index (χ0) is 16.4. The topological polar surface area (TPSA) is 76.5 Å². The third-order valence-electron chi connectivity index (χ3n) is 3.45. The molecular weight excluding hydrogens is 337 g/mol. The van der Waals surface area contributed by atoms with Crippen LogP contribution in [0.4, 0.5) is 0 Å². The summed E-state index contributed by atoms with van der Waals surface area (Å²) < 4.78 is 36.7. The Morgan fingerprint density at radius 3 is 2.46 bits per heavy atom. The fraction of sp³-hybridized carbons (Fsp3) is 0.118. The van der Waals surface area contributed by atoms with Crippen molar-refractivity contribution in [3.63, 3.8) is 0 Å². The Balaban J connectivity index is 0.00000156. The Morgan fingerprint density at radius 1 is 1.12 bits per heavy atom. The normalized spacial score (nSPS) is 11.1. The van der Waals surface area contributed by atoms with Crippen LogP contribution in [0.5, 0.6) is 5.75 Å². The predicted molar refractivity (Wildman–Crippen MR) is 88.2 cm³/mol. The quantitative estimate of drug-likeness (QED) is 0.546. The van der Waals surface area contributed by atoms with Gasteiger partial charge in [-0.15, -0.1) is 0 Å². The van der Waals surface area contributed by atoms with Crippen LogP contribution in [0.15, 0.2) is 59.5 Å². The van der Waals surface area contributed by atoms with Gasteiger partial charge < -0.3 is 6.16 Å². The second-order valence-electron chi connectivity index (χ2n) is 5.18. The van der Waals surface area contributed by atoms with Gasteiger partial charge in [-0.05, 0) is 43.3 Å². The van der Waals surface area contributed by atoms with Crippen LogP contribution in [0.1, 0.15) is 12.7 Å². The van der Waals surface area contributed by atoms with Gasteiger partial charge in [0.2, 0.25) is 0 Å². The molecule has 0 saturated heterocycles. The number of fused-ring (bicyclic) bond motifs is 1. The molecule has 0 amide bonds. The number of benzene rings is 2. The zero-order valence-electron chi connectivity index (χ0n) is 14.4. The van der Waals surface area contributed by atoms with Gasteiger partial charge >= 0.3 is 29.6 Å². The molecule has 0 spiro atoms. The summed E-state index contributed by atoms with van der Waals surface area (Å²) in [5, 5.41) is 1.02. The Hall–Kier alpha value is -1.44. The van der Waals surface area contributed by atoms with E-state index in [4.69, 9.17) is 9.29 Å². The summed E-state index contributed by atoms with van der Waals surface area (Å²) in [5.41, 5.74) is 2.82. The average Bonchev–Trinajstić information content (AvgIpc) is 2.52. The van der Waals surface area contributed by atoms with Crippen LogP contribution in [0, 0.1) is 6.92 Å². The summed E-state index contributed by atoms with van der Waals surface area (Å²) in [5.74, 6) is 0.524. The van der Waals surface area contributed by atoms with E-state index in [1.54, 1.807) is 0 Å².